The molecule has 0 saturated carbocycles. The van der Waals surface area contributed by atoms with E-state index in [1.54, 1.807) is 0 Å². The van der Waals surface area contributed by atoms with Crippen LogP contribution in [0.1, 0.15) is 34.6 Å². The maximum atomic E-state index is 12.1. The average Bonchev–Trinajstić information content (AvgIpc) is 2.13. The number of hydrogen-bond donors (Lipinski definition) is 0. The maximum absolute atomic E-state index is 12.1. The van der Waals surface area contributed by atoms with Gasteiger partial charge in [-0.2, -0.15) is 0 Å². The molecule has 0 atom stereocenters. The second-order valence-corrected chi connectivity index (χ2v) is 6.52. The third-order valence-corrected chi connectivity index (χ3v) is 4.88. The fourth-order valence-electron chi connectivity index (χ4n) is 1.24. The molecule has 0 spiro atoms. The lowest BCUT2D eigenvalue weighted by atomic mass is 9.90. The highest BCUT2D eigenvalue weighted by atomic mass is 31.2. The molecule has 4 heteroatoms. The quantitative estimate of drug-likeness (QED) is 0.526. The van der Waals surface area contributed by atoms with Gasteiger partial charge in [0.15, 0.2) is 0 Å². The normalized spacial score (nSPS) is 28.4. The highest BCUT2D eigenvalue weighted by Gasteiger charge is 2.54. The lowest BCUT2D eigenvalue weighted by Gasteiger charge is -2.29. The van der Waals surface area contributed by atoms with Crippen LogP contribution in [0.25, 0.3) is 0 Å². The fraction of sp³-hybridized carbons (Fsp3) is 0.800. The van der Waals surface area contributed by atoms with Gasteiger partial charge in [-0.1, -0.05) is 12.2 Å². The minimum absolute atomic E-state index is 0.357. The van der Waals surface area contributed by atoms with Crippen molar-refractivity contribution in [2.24, 2.45) is 0 Å². The maximum Gasteiger partial charge on any atom is 0.335 e. The summed E-state index contributed by atoms with van der Waals surface area (Å²) in [4.78, 5) is 0. The van der Waals surface area contributed by atoms with Crippen LogP contribution in [-0.2, 0) is 13.6 Å². The Kier molecular flexibility index (Phi) is 2.97. The van der Waals surface area contributed by atoms with Crippen molar-refractivity contribution in [3.05, 3.63) is 12.2 Å². The summed E-state index contributed by atoms with van der Waals surface area (Å²) in [6.07, 6.45) is 4.03. The van der Waals surface area contributed by atoms with Gasteiger partial charge in [-0.3, -0.25) is 13.6 Å². The van der Waals surface area contributed by atoms with E-state index in [0.29, 0.717) is 6.16 Å². The number of rotatable bonds is 2. The summed E-state index contributed by atoms with van der Waals surface area (Å²) in [5.41, 5.74) is -0.992. The van der Waals surface area contributed by atoms with E-state index in [-0.39, 0.29) is 0 Å². The highest BCUT2D eigenvalue weighted by Crippen LogP contribution is 2.63. The monoisotopic (exact) mass is 218 g/mol. The van der Waals surface area contributed by atoms with E-state index in [0.717, 1.165) is 0 Å². The molecule has 0 bridgehead atoms. The molecule has 0 N–H and O–H groups in total. The predicted octanol–water partition coefficient (Wildman–Crippen LogP) is 3.36. The van der Waals surface area contributed by atoms with E-state index in [1.807, 2.05) is 46.8 Å². The lowest BCUT2D eigenvalue weighted by molar-refractivity contribution is 0.00578. The Labute approximate surface area is 86.0 Å². The standard InChI is InChI=1S/C10H19O3P/c1-6-7-8-14(11)12-9(2,3)10(4,5)13-14/h6-7H,8H2,1-5H3/b7-6+. The van der Waals surface area contributed by atoms with Crippen LogP contribution in [0.3, 0.4) is 0 Å². The minimum Gasteiger partial charge on any atom is -0.299 e. The Morgan fingerprint density at radius 1 is 1.14 bits per heavy atom. The molecule has 0 unspecified atom stereocenters. The summed E-state index contributed by atoms with van der Waals surface area (Å²) >= 11 is 0. The molecular weight excluding hydrogens is 199 g/mol. The van der Waals surface area contributed by atoms with Gasteiger partial charge in [-0.05, 0) is 34.6 Å². The van der Waals surface area contributed by atoms with Gasteiger partial charge < -0.3 is 0 Å². The summed E-state index contributed by atoms with van der Waals surface area (Å²) in [5, 5.41) is 0. The summed E-state index contributed by atoms with van der Waals surface area (Å²) in [6, 6.07) is 0. The highest BCUT2D eigenvalue weighted by molar-refractivity contribution is 7.54. The summed E-state index contributed by atoms with van der Waals surface area (Å²) in [6.45, 7) is 9.51. The summed E-state index contributed by atoms with van der Waals surface area (Å²) in [7, 11) is -2.92. The molecule has 3 nitrogen and oxygen atoms in total. The van der Waals surface area contributed by atoms with E-state index < -0.39 is 18.8 Å². The topological polar surface area (TPSA) is 35.5 Å². The predicted molar refractivity (Wildman–Crippen MR) is 57.6 cm³/mol. The Balaban J connectivity index is 2.86. The summed E-state index contributed by atoms with van der Waals surface area (Å²) in [5.74, 6) is 0. The molecule has 1 fully saturated rings. The molecule has 82 valence electrons. The molecular formula is C10H19O3P. The molecule has 1 rings (SSSR count). The van der Waals surface area contributed by atoms with Gasteiger partial charge in [-0.15, -0.1) is 0 Å². The molecule has 0 aromatic rings. The van der Waals surface area contributed by atoms with Crippen molar-refractivity contribution >= 4 is 7.60 Å². The van der Waals surface area contributed by atoms with Crippen LogP contribution in [-0.4, -0.2) is 17.4 Å². The second-order valence-electron chi connectivity index (χ2n) is 4.57. The Morgan fingerprint density at radius 3 is 1.93 bits per heavy atom. The van der Waals surface area contributed by atoms with Crippen LogP contribution >= 0.6 is 7.60 Å². The zero-order valence-corrected chi connectivity index (χ0v) is 10.4. The zero-order valence-electron chi connectivity index (χ0n) is 9.53. The lowest BCUT2D eigenvalue weighted by Crippen LogP contribution is -2.41. The average molecular weight is 218 g/mol. The van der Waals surface area contributed by atoms with Gasteiger partial charge in [0.2, 0.25) is 0 Å². The molecule has 1 aliphatic heterocycles. The van der Waals surface area contributed by atoms with E-state index in [4.69, 9.17) is 9.05 Å². The van der Waals surface area contributed by atoms with Crippen LogP contribution in [0.15, 0.2) is 12.2 Å². The molecule has 0 aromatic heterocycles. The van der Waals surface area contributed by atoms with Crippen molar-refractivity contribution in [2.75, 3.05) is 6.16 Å². The second kappa shape index (κ2) is 3.48. The molecule has 0 aliphatic carbocycles. The van der Waals surface area contributed by atoms with Crippen molar-refractivity contribution in [1.82, 2.24) is 0 Å². The van der Waals surface area contributed by atoms with Crippen molar-refractivity contribution in [2.45, 2.75) is 45.8 Å². The Morgan fingerprint density at radius 2 is 1.57 bits per heavy atom. The summed E-state index contributed by atoms with van der Waals surface area (Å²) < 4.78 is 23.2. The number of allylic oxidation sites excluding steroid dienone is 2. The van der Waals surface area contributed by atoms with Crippen LogP contribution in [0.5, 0.6) is 0 Å². The van der Waals surface area contributed by atoms with Crippen molar-refractivity contribution in [3.8, 4) is 0 Å². The number of hydrogen-bond acceptors (Lipinski definition) is 3. The van der Waals surface area contributed by atoms with Gasteiger partial charge in [0.25, 0.3) is 0 Å². The van der Waals surface area contributed by atoms with Crippen molar-refractivity contribution in [1.29, 1.82) is 0 Å². The van der Waals surface area contributed by atoms with E-state index in [1.165, 1.54) is 0 Å². The van der Waals surface area contributed by atoms with Gasteiger partial charge in [-0.25, -0.2) is 0 Å². The van der Waals surface area contributed by atoms with Crippen LogP contribution in [0, 0.1) is 0 Å². The van der Waals surface area contributed by atoms with Gasteiger partial charge >= 0.3 is 7.60 Å². The first kappa shape index (κ1) is 12.0. The molecule has 14 heavy (non-hydrogen) atoms. The first-order valence-electron chi connectivity index (χ1n) is 4.84. The van der Waals surface area contributed by atoms with Crippen LogP contribution < -0.4 is 0 Å². The van der Waals surface area contributed by atoms with Gasteiger partial charge in [0.05, 0.1) is 6.16 Å². The smallest absolute Gasteiger partial charge is 0.299 e. The molecule has 0 aromatic carbocycles. The molecule has 1 aliphatic rings. The first-order chi connectivity index (χ1) is 6.22. The van der Waals surface area contributed by atoms with E-state index in [9.17, 15) is 4.57 Å². The van der Waals surface area contributed by atoms with Crippen LogP contribution in [0.2, 0.25) is 0 Å². The van der Waals surface area contributed by atoms with E-state index >= 15 is 0 Å². The van der Waals surface area contributed by atoms with Crippen molar-refractivity contribution < 1.29 is 13.6 Å². The fourth-order valence-corrected chi connectivity index (χ4v) is 3.73. The molecule has 1 heterocycles. The third kappa shape index (κ3) is 2.10. The van der Waals surface area contributed by atoms with Crippen molar-refractivity contribution in [3.63, 3.8) is 0 Å². The first-order valence-corrected chi connectivity index (χ1v) is 6.57. The molecule has 1 saturated heterocycles. The van der Waals surface area contributed by atoms with E-state index in [2.05, 4.69) is 0 Å². The minimum atomic E-state index is -2.92. The molecule has 0 amide bonds. The Bertz CT molecular complexity index is 272. The third-order valence-electron chi connectivity index (χ3n) is 2.75. The Hall–Kier alpha value is -0.110. The van der Waals surface area contributed by atoms with Crippen LogP contribution in [0.4, 0.5) is 0 Å². The van der Waals surface area contributed by atoms with Gasteiger partial charge in [0, 0.05) is 0 Å². The molecule has 0 radical (unpaired) electrons. The SMILES string of the molecule is C/C=C/CP1(=O)OC(C)(C)C(C)(C)O1. The van der Waals surface area contributed by atoms with Gasteiger partial charge in [0.1, 0.15) is 11.2 Å². The zero-order chi connectivity index (χ0) is 11.0. The largest absolute Gasteiger partial charge is 0.335 e.